The molecule has 0 spiro atoms. The molecule has 0 amide bonds. The Hall–Kier alpha value is -0.560. The SMILES string of the molecule is CC1=CC=C(C2(C)CCCCN2C)CC1C. The lowest BCUT2D eigenvalue weighted by Crippen LogP contribution is -2.49. The van der Waals surface area contributed by atoms with Gasteiger partial charge in [0.1, 0.15) is 0 Å². The lowest BCUT2D eigenvalue weighted by Gasteiger charge is -2.46. The average molecular weight is 219 g/mol. The second-order valence-electron chi connectivity index (χ2n) is 5.86. The Labute approximate surface area is 100 Å². The standard InChI is InChI=1S/C15H25N/c1-12-7-8-14(11-13(12)2)15(3)9-5-6-10-16(15)4/h7-8,13H,5-6,9-11H2,1-4H3. The Bertz CT molecular complexity index is 326. The van der Waals surface area contributed by atoms with Crippen molar-refractivity contribution in [1.82, 2.24) is 4.90 Å². The summed E-state index contributed by atoms with van der Waals surface area (Å²) in [5.41, 5.74) is 3.50. The summed E-state index contributed by atoms with van der Waals surface area (Å²) in [7, 11) is 2.29. The van der Waals surface area contributed by atoms with Crippen molar-refractivity contribution >= 4 is 0 Å². The molecule has 2 atom stereocenters. The first-order valence-corrected chi connectivity index (χ1v) is 6.63. The number of hydrogen-bond acceptors (Lipinski definition) is 1. The van der Waals surface area contributed by atoms with E-state index in [2.05, 4.69) is 44.9 Å². The number of likely N-dealkylation sites (N-methyl/N-ethyl adjacent to an activating group) is 1. The van der Waals surface area contributed by atoms with Crippen LogP contribution in [-0.4, -0.2) is 24.0 Å². The van der Waals surface area contributed by atoms with Gasteiger partial charge in [-0.1, -0.05) is 31.1 Å². The number of likely N-dealkylation sites (tertiary alicyclic amines) is 1. The zero-order chi connectivity index (χ0) is 11.8. The second-order valence-corrected chi connectivity index (χ2v) is 5.86. The van der Waals surface area contributed by atoms with E-state index < -0.39 is 0 Å². The Kier molecular flexibility index (Phi) is 3.25. The lowest BCUT2D eigenvalue weighted by molar-refractivity contribution is 0.118. The quantitative estimate of drug-likeness (QED) is 0.649. The molecule has 16 heavy (non-hydrogen) atoms. The van der Waals surface area contributed by atoms with Gasteiger partial charge in [-0.2, -0.15) is 0 Å². The number of rotatable bonds is 1. The zero-order valence-electron chi connectivity index (χ0n) is 11.2. The van der Waals surface area contributed by atoms with Crippen molar-refractivity contribution in [3.8, 4) is 0 Å². The number of piperidine rings is 1. The van der Waals surface area contributed by atoms with Gasteiger partial charge in [-0.25, -0.2) is 0 Å². The van der Waals surface area contributed by atoms with Crippen molar-refractivity contribution in [3.63, 3.8) is 0 Å². The molecule has 1 heteroatoms. The van der Waals surface area contributed by atoms with Crippen LogP contribution in [0, 0.1) is 5.92 Å². The minimum atomic E-state index is 0.323. The molecule has 0 aromatic heterocycles. The van der Waals surface area contributed by atoms with Crippen LogP contribution in [0.1, 0.15) is 46.5 Å². The molecule has 1 nitrogen and oxygen atoms in total. The van der Waals surface area contributed by atoms with E-state index in [4.69, 9.17) is 0 Å². The number of hydrogen-bond donors (Lipinski definition) is 0. The summed E-state index contributed by atoms with van der Waals surface area (Å²) < 4.78 is 0. The van der Waals surface area contributed by atoms with Gasteiger partial charge >= 0.3 is 0 Å². The molecule has 0 aromatic rings. The Morgan fingerprint density at radius 3 is 2.69 bits per heavy atom. The van der Waals surface area contributed by atoms with Crippen LogP contribution in [0.15, 0.2) is 23.3 Å². The van der Waals surface area contributed by atoms with Crippen LogP contribution in [-0.2, 0) is 0 Å². The van der Waals surface area contributed by atoms with E-state index in [-0.39, 0.29) is 0 Å². The molecule has 2 unspecified atom stereocenters. The third kappa shape index (κ3) is 1.98. The highest BCUT2D eigenvalue weighted by atomic mass is 15.2. The normalized spacial score (nSPS) is 36.9. The molecule has 2 rings (SSSR count). The largest absolute Gasteiger partial charge is 0.297 e. The van der Waals surface area contributed by atoms with Gasteiger partial charge < -0.3 is 0 Å². The van der Waals surface area contributed by atoms with Gasteiger partial charge in [-0.15, -0.1) is 0 Å². The third-order valence-corrected chi connectivity index (χ3v) is 4.79. The summed E-state index contributed by atoms with van der Waals surface area (Å²) in [5, 5.41) is 0. The first-order valence-electron chi connectivity index (χ1n) is 6.63. The number of allylic oxidation sites excluding steroid dienone is 3. The highest BCUT2D eigenvalue weighted by Gasteiger charge is 2.36. The van der Waals surface area contributed by atoms with Gasteiger partial charge in [0.25, 0.3) is 0 Å². The minimum Gasteiger partial charge on any atom is -0.297 e. The van der Waals surface area contributed by atoms with Crippen molar-refractivity contribution in [3.05, 3.63) is 23.3 Å². The van der Waals surface area contributed by atoms with E-state index >= 15 is 0 Å². The van der Waals surface area contributed by atoms with Gasteiger partial charge in [0, 0.05) is 5.54 Å². The predicted octanol–water partition coefficient (Wildman–Crippen LogP) is 3.77. The minimum absolute atomic E-state index is 0.323. The molecule has 0 saturated carbocycles. The van der Waals surface area contributed by atoms with E-state index in [1.807, 2.05) is 0 Å². The maximum atomic E-state index is 2.56. The summed E-state index contributed by atoms with van der Waals surface area (Å²) in [6.45, 7) is 8.29. The first kappa shape index (κ1) is 11.9. The first-order chi connectivity index (χ1) is 7.54. The Balaban J connectivity index is 2.23. The summed E-state index contributed by atoms with van der Waals surface area (Å²) in [6.07, 6.45) is 10.0. The lowest BCUT2D eigenvalue weighted by atomic mass is 9.75. The van der Waals surface area contributed by atoms with Crippen LogP contribution >= 0.6 is 0 Å². The van der Waals surface area contributed by atoms with Gasteiger partial charge in [0.05, 0.1) is 0 Å². The van der Waals surface area contributed by atoms with Crippen molar-refractivity contribution in [1.29, 1.82) is 0 Å². The van der Waals surface area contributed by atoms with Crippen LogP contribution in [0.25, 0.3) is 0 Å². The van der Waals surface area contributed by atoms with E-state index in [0.29, 0.717) is 5.54 Å². The maximum absolute atomic E-state index is 2.56. The van der Waals surface area contributed by atoms with E-state index in [0.717, 1.165) is 5.92 Å². The van der Waals surface area contributed by atoms with Crippen molar-refractivity contribution in [2.45, 2.75) is 52.0 Å². The second kappa shape index (κ2) is 4.37. The zero-order valence-corrected chi connectivity index (χ0v) is 11.2. The molecular weight excluding hydrogens is 194 g/mol. The topological polar surface area (TPSA) is 3.24 Å². The van der Waals surface area contributed by atoms with Gasteiger partial charge in [0.2, 0.25) is 0 Å². The molecule has 0 N–H and O–H groups in total. The molecule has 1 heterocycles. The molecular formula is C15H25N. The molecule has 1 aliphatic heterocycles. The Morgan fingerprint density at radius 2 is 2.06 bits per heavy atom. The van der Waals surface area contributed by atoms with Crippen LogP contribution < -0.4 is 0 Å². The highest BCUT2D eigenvalue weighted by molar-refractivity contribution is 5.32. The molecule has 0 radical (unpaired) electrons. The molecule has 1 fully saturated rings. The Morgan fingerprint density at radius 1 is 1.31 bits per heavy atom. The molecule has 1 aliphatic carbocycles. The molecule has 0 bridgehead atoms. The van der Waals surface area contributed by atoms with Crippen LogP contribution in [0.5, 0.6) is 0 Å². The van der Waals surface area contributed by atoms with E-state index in [1.54, 1.807) is 5.57 Å². The smallest absolute Gasteiger partial charge is 0.0392 e. The number of nitrogens with zero attached hydrogens (tertiary/aromatic N) is 1. The maximum Gasteiger partial charge on any atom is 0.0392 e. The third-order valence-electron chi connectivity index (χ3n) is 4.79. The summed E-state index contributed by atoms with van der Waals surface area (Å²) in [6, 6.07) is 0. The fourth-order valence-corrected chi connectivity index (χ4v) is 3.02. The van der Waals surface area contributed by atoms with Crippen LogP contribution in [0.3, 0.4) is 0 Å². The van der Waals surface area contributed by atoms with E-state index in [9.17, 15) is 0 Å². The monoisotopic (exact) mass is 219 g/mol. The van der Waals surface area contributed by atoms with Gasteiger partial charge in [-0.3, -0.25) is 4.90 Å². The molecule has 0 aromatic carbocycles. The van der Waals surface area contributed by atoms with Crippen molar-refractivity contribution in [2.24, 2.45) is 5.92 Å². The van der Waals surface area contributed by atoms with Crippen LogP contribution in [0.2, 0.25) is 0 Å². The van der Waals surface area contributed by atoms with Gasteiger partial charge in [0.15, 0.2) is 0 Å². The molecule has 90 valence electrons. The molecule has 2 aliphatic rings. The average Bonchev–Trinajstić information content (AvgIpc) is 2.26. The van der Waals surface area contributed by atoms with Crippen molar-refractivity contribution in [2.75, 3.05) is 13.6 Å². The predicted molar refractivity (Wildman–Crippen MR) is 70.5 cm³/mol. The fraction of sp³-hybridized carbons (Fsp3) is 0.733. The molecule has 1 saturated heterocycles. The van der Waals surface area contributed by atoms with E-state index in [1.165, 1.54) is 37.8 Å². The van der Waals surface area contributed by atoms with Crippen LogP contribution in [0.4, 0.5) is 0 Å². The summed E-state index contributed by atoms with van der Waals surface area (Å²) in [5.74, 6) is 0.729. The summed E-state index contributed by atoms with van der Waals surface area (Å²) in [4.78, 5) is 2.56. The van der Waals surface area contributed by atoms with Gasteiger partial charge in [-0.05, 0) is 58.2 Å². The summed E-state index contributed by atoms with van der Waals surface area (Å²) >= 11 is 0. The highest BCUT2D eigenvalue weighted by Crippen LogP contribution is 2.39. The van der Waals surface area contributed by atoms with Crippen molar-refractivity contribution < 1.29 is 0 Å². The fourth-order valence-electron chi connectivity index (χ4n) is 3.02.